The van der Waals surface area contributed by atoms with Gasteiger partial charge < -0.3 is 30.9 Å². The molecular weight excluding hydrogens is 594 g/mol. The smallest absolute Gasteiger partial charge is 0.247 e. The minimum atomic E-state index is -0.792. The lowest BCUT2D eigenvalue weighted by molar-refractivity contribution is -0.143. The second-order valence-corrected chi connectivity index (χ2v) is 12.8. The van der Waals surface area contributed by atoms with Gasteiger partial charge in [0, 0.05) is 23.7 Å². The number of aromatic nitrogens is 2. The highest BCUT2D eigenvalue weighted by molar-refractivity contribution is 6.03. The van der Waals surface area contributed by atoms with Gasteiger partial charge in [0.15, 0.2) is 0 Å². The number of nitrogens with zero attached hydrogens (tertiary/aromatic N) is 3. The quantitative estimate of drug-likeness (QED) is 0.272. The van der Waals surface area contributed by atoms with Crippen molar-refractivity contribution in [2.45, 2.75) is 77.9 Å². The molecule has 4 N–H and O–H groups in total. The van der Waals surface area contributed by atoms with Crippen molar-refractivity contribution in [2.24, 2.45) is 5.41 Å². The number of carbonyl (C=O) groups excluding carboxylic acids is 3. The number of ether oxygens (including phenoxy) is 1. The first-order chi connectivity index (χ1) is 21.0. The second kappa shape index (κ2) is 14.0. The van der Waals surface area contributed by atoms with E-state index in [1.54, 1.807) is 31.0 Å². The average Bonchev–Trinajstić information content (AvgIpc) is 3.68. The number of methoxy groups -OCH3 is 1. The van der Waals surface area contributed by atoms with Gasteiger partial charge in [-0.15, -0.1) is 12.4 Å². The Balaban J connectivity index is 0.00000461. The van der Waals surface area contributed by atoms with Gasteiger partial charge >= 0.3 is 0 Å². The number of hydrogen-bond acceptors (Lipinski definition) is 8. The first kappa shape index (κ1) is 33.9. The minimum absolute atomic E-state index is 0. The highest BCUT2D eigenvalue weighted by Crippen LogP contribution is 2.35. The third kappa shape index (κ3) is 7.31. The fourth-order valence-corrected chi connectivity index (χ4v) is 5.97. The fraction of sp³-hybridized carbons (Fsp3) is 0.485. The van der Waals surface area contributed by atoms with Crippen LogP contribution in [0, 0.1) is 5.41 Å². The summed E-state index contributed by atoms with van der Waals surface area (Å²) < 4.78 is 5.63. The van der Waals surface area contributed by atoms with Crippen LogP contribution in [-0.2, 0) is 27.2 Å². The topological polar surface area (TPSA) is 138 Å². The number of likely N-dealkylation sites (N-methyl/N-ethyl adjacent to an activating group) is 1. The third-order valence-corrected chi connectivity index (χ3v) is 8.64. The summed E-state index contributed by atoms with van der Waals surface area (Å²) in [6.07, 6.45) is 6.04. The molecule has 2 aliphatic rings. The number of rotatable bonds is 9. The molecule has 2 heterocycles. The van der Waals surface area contributed by atoms with Crippen LogP contribution in [0.25, 0.3) is 10.9 Å². The van der Waals surface area contributed by atoms with E-state index in [4.69, 9.17) is 4.74 Å². The maximum Gasteiger partial charge on any atom is 0.247 e. The van der Waals surface area contributed by atoms with E-state index < -0.39 is 23.5 Å². The van der Waals surface area contributed by atoms with Crippen molar-refractivity contribution < 1.29 is 19.1 Å². The molecule has 11 nitrogen and oxygen atoms in total. The van der Waals surface area contributed by atoms with E-state index in [-0.39, 0.29) is 30.1 Å². The van der Waals surface area contributed by atoms with Crippen LogP contribution in [-0.4, -0.2) is 71.4 Å². The number of nitrogens with one attached hydrogen (secondary N) is 4. The molecule has 12 heteroatoms. The number of aryl methyl sites for hydroxylation is 2. The van der Waals surface area contributed by atoms with Crippen LogP contribution in [0.1, 0.15) is 58.1 Å². The third-order valence-electron chi connectivity index (χ3n) is 8.64. The molecule has 1 aliphatic carbocycles. The van der Waals surface area contributed by atoms with E-state index >= 15 is 0 Å². The number of amides is 3. The number of anilines is 3. The summed E-state index contributed by atoms with van der Waals surface area (Å²) in [6, 6.07) is 8.02. The predicted octanol–water partition coefficient (Wildman–Crippen LogP) is 4.36. The molecule has 1 aliphatic heterocycles. The van der Waals surface area contributed by atoms with Crippen molar-refractivity contribution in [1.82, 2.24) is 25.5 Å². The van der Waals surface area contributed by atoms with Crippen molar-refractivity contribution in [1.29, 1.82) is 0 Å². The van der Waals surface area contributed by atoms with Gasteiger partial charge in [0.05, 0.1) is 24.4 Å². The average molecular weight is 638 g/mol. The van der Waals surface area contributed by atoms with Crippen molar-refractivity contribution >= 4 is 58.2 Å². The molecule has 3 amide bonds. The summed E-state index contributed by atoms with van der Waals surface area (Å²) in [5.74, 6) is 0.203. The van der Waals surface area contributed by atoms with E-state index in [9.17, 15) is 14.4 Å². The predicted molar refractivity (Wildman–Crippen MR) is 178 cm³/mol. The summed E-state index contributed by atoms with van der Waals surface area (Å²) in [4.78, 5) is 50.9. The molecule has 45 heavy (non-hydrogen) atoms. The summed E-state index contributed by atoms with van der Waals surface area (Å²) in [5.41, 5.74) is 4.24. The monoisotopic (exact) mass is 637 g/mol. The summed E-state index contributed by atoms with van der Waals surface area (Å²) in [5, 5.41) is 13.0. The lowest BCUT2D eigenvalue weighted by atomic mass is 9.85. The second-order valence-electron chi connectivity index (χ2n) is 12.8. The first-order valence-electron chi connectivity index (χ1n) is 15.3. The number of benzene rings is 2. The molecule has 0 spiro atoms. The number of carbonyl (C=O) groups is 3. The summed E-state index contributed by atoms with van der Waals surface area (Å²) in [6.45, 7) is 7.88. The molecule has 1 aromatic heterocycles. The molecule has 1 saturated heterocycles. The Morgan fingerprint density at radius 3 is 2.51 bits per heavy atom. The number of fused-ring (bicyclic) bond motifs is 2. The Kier molecular flexibility index (Phi) is 10.5. The van der Waals surface area contributed by atoms with Gasteiger partial charge in [0.1, 0.15) is 30.0 Å². The van der Waals surface area contributed by atoms with E-state index in [0.717, 1.165) is 23.9 Å². The molecule has 3 aromatic rings. The first-order valence-corrected chi connectivity index (χ1v) is 15.3. The molecule has 0 bridgehead atoms. The van der Waals surface area contributed by atoms with Crippen LogP contribution in [0.2, 0.25) is 0 Å². The molecule has 0 radical (unpaired) electrons. The Bertz CT molecular complexity index is 1570. The van der Waals surface area contributed by atoms with Crippen molar-refractivity contribution in [2.75, 3.05) is 31.3 Å². The van der Waals surface area contributed by atoms with Gasteiger partial charge in [-0.3, -0.25) is 14.4 Å². The van der Waals surface area contributed by atoms with Crippen molar-refractivity contribution in [3.8, 4) is 5.75 Å². The lowest BCUT2D eigenvalue weighted by Gasteiger charge is -2.36. The maximum absolute atomic E-state index is 13.9. The number of likely N-dealkylation sites (tertiary alicyclic amines) is 1. The molecule has 1 fully saturated rings. The molecule has 0 saturated carbocycles. The number of hydrogen-bond donors (Lipinski definition) is 4. The molecule has 0 unspecified atom stereocenters. The van der Waals surface area contributed by atoms with Crippen LogP contribution in [0.4, 0.5) is 17.2 Å². The van der Waals surface area contributed by atoms with E-state index in [2.05, 4.69) is 49.4 Å². The van der Waals surface area contributed by atoms with E-state index in [0.29, 0.717) is 42.2 Å². The SMILES string of the molecule is CN[C@@H](C)C(=O)N[C@H](C(=O)N1CCC[C@H]1C(=O)Nc1cc2c(Nc3ccc4c(c3)CCC4)ncnc2cc1OC)C(C)(C)C.Cl. The van der Waals surface area contributed by atoms with Crippen LogP contribution >= 0.6 is 12.4 Å². The Morgan fingerprint density at radius 2 is 1.80 bits per heavy atom. The lowest BCUT2D eigenvalue weighted by Crippen LogP contribution is -2.59. The van der Waals surface area contributed by atoms with Gasteiger partial charge in [-0.25, -0.2) is 9.97 Å². The van der Waals surface area contributed by atoms with Crippen LogP contribution in [0.15, 0.2) is 36.7 Å². The zero-order valence-corrected chi connectivity index (χ0v) is 27.6. The van der Waals surface area contributed by atoms with E-state index in [1.807, 2.05) is 20.8 Å². The fourth-order valence-electron chi connectivity index (χ4n) is 5.97. The van der Waals surface area contributed by atoms with Crippen molar-refractivity contribution in [3.63, 3.8) is 0 Å². The van der Waals surface area contributed by atoms with Gasteiger partial charge in [0.25, 0.3) is 0 Å². The molecule has 242 valence electrons. The molecular formula is C33H44ClN7O4. The van der Waals surface area contributed by atoms with Crippen LogP contribution in [0.3, 0.4) is 0 Å². The standard InChI is InChI=1S/C33H43N7O4.ClH/c1-19(34-5)30(41)39-28(33(2,3)4)32(43)40-14-8-11-26(40)31(42)38-25-16-23-24(17-27(25)44-6)35-18-36-29(23)37-22-13-12-20-9-7-10-21(20)15-22;/h12-13,15-19,26,28,34H,7-11,14H2,1-6H3,(H,38,42)(H,39,41)(H,35,36,37);1H/t19-,26-,28+;/m0./s1. The van der Waals surface area contributed by atoms with Crippen molar-refractivity contribution in [3.05, 3.63) is 47.8 Å². The Labute approximate surface area is 270 Å². The van der Waals surface area contributed by atoms with Crippen LogP contribution < -0.4 is 26.0 Å². The minimum Gasteiger partial charge on any atom is -0.494 e. The van der Waals surface area contributed by atoms with Gasteiger partial charge in [-0.05, 0) is 80.8 Å². The molecule has 2 aromatic carbocycles. The summed E-state index contributed by atoms with van der Waals surface area (Å²) in [7, 11) is 3.23. The van der Waals surface area contributed by atoms with Crippen LogP contribution in [0.5, 0.6) is 5.75 Å². The molecule has 5 rings (SSSR count). The van der Waals surface area contributed by atoms with Gasteiger partial charge in [-0.2, -0.15) is 0 Å². The van der Waals surface area contributed by atoms with Gasteiger partial charge in [0.2, 0.25) is 17.7 Å². The number of halogens is 1. The molecule has 3 atom stereocenters. The maximum atomic E-state index is 13.9. The Hall–Kier alpha value is -3.96. The normalized spacial score (nSPS) is 17.2. The Morgan fingerprint density at radius 1 is 1.04 bits per heavy atom. The zero-order chi connectivity index (χ0) is 31.6. The zero-order valence-electron chi connectivity index (χ0n) is 26.8. The highest BCUT2D eigenvalue weighted by atomic mass is 35.5. The van der Waals surface area contributed by atoms with E-state index in [1.165, 1.54) is 31.0 Å². The largest absolute Gasteiger partial charge is 0.494 e. The highest BCUT2D eigenvalue weighted by Gasteiger charge is 2.42. The van der Waals surface area contributed by atoms with Gasteiger partial charge in [-0.1, -0.05) is 26.8 Å². The summed E-state index contributed by atoms with van der Waals surface area (Å²) >= 11 is 0.